The maximum Gasteiger partial charge on any atom is 0.219 e. The molecule has 2 rings (SSSR count). The number of nitrogen functional groups attached to an aromatic ring is 1. The topological polar surface area (TPSA) is 72.6 Å². The Morgan fingerprint density at radius 3 is 2.68 bits per heavy atom. The van der Waals surface area contributed by atoms with E-state index >= 15 is 0 Å². The largest absolute Gasteiger partial charge is 0.398 e. The molecule has 1 aliphatic rings. The van der Waals surface area contributed by atoms with E-state index < -0.39 is 15.3 Å². The molecule has 0 amide bonds. The van der Waals surface area contributed by atoms with Crippen molar-refractivity contribution in [3.05, 3.63) is 29.8 Å². The Hall–Kier alpha value is -1.11. The van der Waals surface area contributed by atoms with Crippen molar-refractivity contribution in [2.45, 2.75) is 31.2 Å². The number of anilines is 1. The van der Waals surface area contributed by atoms with E-state index in [0.29, 0.717) is 18.7 Å². The lowest BCUT2D eigenvalue weighted by molar-refractivity contribution is 0.125. The molecule has 0 radical (unpaired) electrons. The predicted octanol–water partition coefficient (Wildman–Crippen LogP) is 1.21. The average molecular weight is 284 g/mol. The number of ether oxygens (including phenoxy) is 1. The summed E-state index contributed by atoms with van der Waals surface area (Å²) in [5.41, 5.74) is 7.28. The Bertz CT molecular complexity index is 545. The quantitative estimate of drug-likeness (QED) is 0.843. The van der Waals surface area contributed by atoms with Crippen molar-refractivity contribution in [1.29, 1.82) is 0 Å². The Morgan fingerprint density at radius 1 is 1.42 bits per heavy atom. The minimum Gasteiger partial charge on any atom is -0.398 e. The maximum absolute atomic E-state index is 12.5. The highest BCUT2D eigenvalue weighted by atomic mass is 32.2. The molecule has 106 valence electrons. The molecule has 1 aromatic rings. The van der Waals surface area contributed by atoms with Gasteiger partial charge < -0.3 is 10.5 Å². The van der Waals surface area contributed by atoms with Crippen LogP contribution in [0.15, 0.2) is 24.3 Å². The highest BCUT2D eigenvalue weighted by Crippen LogP contribution is 2.25. The molecule has 1 aliphatic heterocycles. The second kappa shape index (κ2) is 5.48. The molecule has 0 unspecified atom stereocenters. The van der Waals surface area contributed by atoms with E-state index in [1.807, 2.05) is 18.2 Å². The third kappa shape index (κ3) is 2.91. The molecule has 0 aromatic heterocycles. The van der Waals surface area contributed by atoms with Crippen LogP contribution in [0.25, 0.3) is 0 Å². The fourth-order valence-electron chi connectivity index (χ4n) is 2.34. The standard InChI is InChI=1S/C13H20N2O3S/c1-10-13(7-8-18-10)19(16,17)15(2)9-11-5-3-4-6-12(11)14/h3-6,10,13H,7-9,14H2,1-2H3/t10-,13-/m1/s1. The molecule has 0 aliphatic carbocycles. The van der Waals surface area contributed by atoms with Crippen molar-refractivity contribution in [1.82, 2.24) is 4.31 Å². The van der Waals surface area contributed by atoms with Gasteiger partial charge in [-0.15, -0.1) is 0 Å². The van der Waals surface area contributed by atoms with E-state index in [-0.39, 0.29) is 12.6 Å². The van der Waals surface area contributed by atoms with Crippen molar-refractivity contribution in [3.63, 3.8) is 0 Å². The van der Waals surface area contributed by atoms with Crippen molar-refractivity contribution in [2.24, 2.45) is 0 Å². The van der Waals surface area contributed by atoms with Gasteiger partial charge in [-0.2, -0.15) is 0 Å². The fourth-order valence-corrected chi connectivity index (χ4v) is 4.08. The van der Waals surface area contributed by atoms with Crippen molar-refractivity contribution in [2.75, 3.05) is 19.4 Å². The predicted molar refractivity (Wildman–Crippen MR) is 75.1 cm³/mol. The van der Waals surface area contributed by atoms with Crippen molar-refractivity contribution < 1.29 is 13.2 Å². The molecule has 2 N–H and O–H groups in total. The molecule has 1 heterocycles. The fraction of sp³-hybridized carbons (Fsp3) is 0.538. The van der Waals surface area contributed by atoms with Crippen molar-refractivity contribution in [3.8, 4) is 0 Å². The summed E-state index contributed by atoms with van der Waals surface area (Å²) in [4.78, 5) is 0. The zero-order chi connectivity index (χ0) is 14.0. The van der Waals surface area contributed by atoms with Gasteiger partial charge in [0.15, 0.2) is 0 Å². The number of benzene rings is 1. The summed E-state index contributed by atoms with van der Waals surface area (Å²) in [6, 6.07) is 7.31. The second-order valence-electron chi connectivity index (χ2n) is 4.90. The van der Waals surface area contributed by atoms with E-state index in [0.717, 1.165) is 5.56 Å². The second-order valence-corrected chi connectivity index (χ2v) is 7.16. The summed E-state index contributed by atoms with van der Waals surface area (Å²) in [5.74, 6) is 0. The highest BCUT2D eigenvalue weighted by molar-refractivity contribution is 7.89. The van der Waals surface area contributed by atoms with Crippen LogP contribution in [0.1, 0.15) is 18.9 Å². The van der Waals surface area contributed by atoms with Crippen LogP contribution < -0.4 is 5.73 Å². The van der Waals surface area contributed by atoms with Gasteiger partial charge in [0.05, 0.1) is 6.10 Å². The lowest BCUT2D eigenvalue weighted by Crippen LogP contribution is -2.39. The number of sulfonamides is 1. The van der Waals surface area contributed by atoms with E-state index in [4.69, 9.17) is 10.5 Å². The van der Waals surface area contributed by atoms with Crippen LogP contribution in [0.2, 0.25) is 0 Å². The summed E-state index contributed by atoms with van der Waals surface area (Å²) in [6.45, 7) is 2.60. The summed E-state index contributed by atoms with van der Waals surface area (Å²) in [5, 5.41) is -0.456. The zero-order valence-electron chi connectivity index (χ0n) is 11.2. The summed E-state index contributed by atoms with van der Waals surface area (Å²) < 4.78 is 31.6. The van der Waals surface area contributed by atoms with E-state index in [9.17, 15) is 8.42 Å². The first kappa shape index (κ1) is 14.3. The molecule has 1 saturated heterocycles. The molecular formula is C13H20N2O3S. The van der Waals surface area contributed by atoms with Crippen LogP contribution in [-0.4, -0.2) is 37.7 Å². The highest BCUT2D eigenvalue weighted by Gasteiger charge is 2.38. The summed E-state index contributed by atoms with van der Waals surface area (Å²) in [7, 11) is -1.76. The van der Waals surface area contributed by atoms with Gasteiger partial charge in [-0.3, -0.25) is 0 Å². The molecule has 1 fully saturated rings. The molecule has 0 spiro atoms. The van der Waals surface area contributed by atoms with Crippen LogP contribution in [-0.2, 0) is 21.3 Å². The Kier molecular flexibility index (Phi) is 4.13. The van der Waals surface area contributed by atoms with Gasteiger partial charge in [-0.1, -0.05) is 18.2 Å². The number of hydrogen-bond donors (Lipinski definition) is 1. The smallest absolute Gasteiger partial charge is 0.219 e. The number of hydrogen-bond acceptors (Lipinski definition) is 4. The van der Waals surface area contributed by atoms with Crippen LogP contribution in [0.5, 0.6) is 0 Å². The third-order valence-corrected chi connectivity index (χ3v) is 5.95. The minimum atomic E-state index is -3.35. The molecule has 0 bridgehead atoms. The van der Waals surface area contributed by atoms with Gasteiger partial charge in [0.1, 0.15) is 5.25 Å². The van der Waals surface area contributed by atoms with Gasteiger partial charge in [-0.25, -0.2) is 12.7 Å². The SMILES string of the molecule is C[C@H]1OCC[C@H]1S(=O)(=O)N(C)Cc1ccccc1N. The summed E-state index contributed by atoms with van der Waals surface area (Å²) >= 11 is 0. The van der Waals surface area contributed by atoms with Crippen LogP contribution >= 0.6 is 0 Å². The Balaban J connectivity index is 2.15. The lowest BCUT2D eigenvalue weighted by atomic mass is 10.2. The van der Waals surface area contributed by atoms with Crippen LogP contribution in [0, 0.1) is 0 Å². The first-order valence-electron chi connectivity index (χ1n) is 6.33. The zero-order valence-corrected chi connectivity index (χ0v) is 12.1. The third-order valence-electron chi connectivity index (χ3n) is 3.57. The lowest BCUT2D eigenvalue weighted by Gasteiger charge is -2.23. The average Bonchev–Trinajstić information content (AvgIpc) is 2.79. The number of para-hydroxylation sites is 1. The molecule has 19 heavy (non-hydrogen) atoms. The van der Waals surface area contributed by atoms with E-state index in [2.05, 4.69) is 0 Å². The van der Waals surface area contributed by atoms with E-state index in [1.165, 1.54) is 4.31 Å². The minimum absolute atomic E-state index is 0.249. The molecular weight excluding hydrogens is 264 g/mol. The van der Waals surface area contributed by atoms with Gasteiger partial charge in [0.25, 0.3) is 0 Å². The monoisotopic (exact) mass is 284 g/mol. The molecule has 6 heteroatoms. The maximum atomic E-state index is 12.5. The summed E-state index contributed by atoms with van der Waals surface area (Å²) in [6.07, 6.45) is 0.304. The first-order chi connectivity index (χ1) is 8.93. The number of nitrogens with two attached hydrogens (primary N) is 1. The van der Waals surface area contributed by atoms with Gasteiger partial charge in [0, 0.05) is 25.9 Å². The van der Waals surface area contributed by atoms with Crippen LogP contribution in [0.3, 0.4) is 0 Å². The molecule has 1 aromatic carbocycles. The van der Waals surface area contributed by atoms with Gasteiger partial charge in [0.2, 0.25) is 10.0 Å². The van der Waals surface area contributed by atoms with Gasteiger partial charge in [-0.05, 0) is 25.0 Å². The molecule has 2 atom stereocenters. The number of rotatable bonds is 4. The Labute approximate surface area is 114 Å². The first-order valence-corrected chi connectivity index (χ1v) is 7.83. The normalized spacial score (nSPS) is 23.9. The van der Waals surface area contributed by atoms with Crippen LogP contribution in [0.4, 0.5) is 5.69 Å². The van der Waals surface area contributed by atoms with Gasteiger partial charge >= 0.3 is 0 Å². The van der Waals surface area contributed by atoms with E-state index in [1.54, 1.807) is 20.0 Å². The Morgan fingerprint density at radius 2 is 2.11 bits per heavy atom. The molecule has 5 nitrogen and oxygen atoms in total. The van der Waals surface area contributed by atoms with Crippen molar-refractivity contribution >= 4 is 15.7 Å². The number of nitrogens with zero attached hydrogens (tertiary/aromatic N) is 1. The molecule has 0 saturated carbocycles.